The van der Waals surface area contributed by atoms with Gasteiger partial charge >= 0.3 is 12.1 Å². The Morgan fingerprint density at radius 2 is 1.66 bits per heavy atom. The molecule has 1 fully saturated rings. The summed E-state index contributed by atoms with van der Waals surface area (Å²) in [6.07, 6.45) is 0.786. The minimum absolute atomic E-state index is 0.0382. The molecule has 2 amide bonds. The quantitative estimate of drug-likeness (QED) is 0.576. The van der Waals surface area contributed by atoms with Crippen molar-refractivity contribution >= 4 is 23.7 Å². The minimum Gasteiger partial charge on any atom is -0.481 e. The number of carbonyl (C=O) groups is 3. The normalized spacial score (nSPS) is 18.6. The second kappa shape index (κ2) is 9.21. The van der Waals surface area contributed by atoms with Crippen LogP contribution in [0.2, 0.25) is 0 Å². The zero-order valence-electron chi connectivity index (χ0n) is 19.2. The Balaban J connectivity index is 1.19. The van der Waals surface area contributed by atoms with Gasteiger partial charge in [-0.15, -0.1) is 0 Å². The van der Waals surface area contributed by atoms with Crippen molar-refractivity contribution in [3.05, 3.63) is 83.7 Å². The molecule has 0 spiro atoms. The summed E-state index contributed by atoms with van der Waals surface area (Å²) in [6, 6.07) is 19.3. The highest BCUT2D eigenvalue weighted by Crippen LogP contribution is 2.44. The van der Waals surface area contributed by atoms with Crippen LogP contribution in [0, 0.1) is 11.8 Å². The van der Waals surface area contributed by atoms with E-state index >= 15 is 0 Å². The third-order valence-corrected chi connectivity index (χ3v) is 6.79. The Morgan fingerprint density at radius 1 is 1.00 bits per heavy atom. The van der Waals surface area contributed by atoms with Crippen LogP contribution in [0.25, 0.3) is 11.1 Å². The number of aliphatic carboxylic acids is 1. The van der Waals surface area contributed by atoms with Gasteiger partial charge in [-0.05, 0) is 40.3 Å². The molecule has 3 aromatic rings. The number of likely N-dealkylation sites (tertiary alicyclic amines) is 1. The van der Waals surface area contributed by atoms with Crippen molar-refractivity contribution in [2.24, 2.45) is 11.8 Å². The molecule has 1 aliphatic heterocycles. The van der Waals surface area contributed by atoms with Crippen molar-refractivity contribution in [3.8, 4) is 11.1 Å². The van der Waals surface area contributed by atoms with Gasteiger partial charge in [-0.25, -0.2) is 9.78 Å². The maximum absolute atomic E-state index is 12.7. The van der Waals surface area contributed by atoms with Crippen molar-refractivity contribution in [1.29, 1.82) is 0 Å². The summed E-state index contributed by atoms with van der Waals surface area (Å²) < 4.78 is 5.54. The number of carboxylic acids is 1. The molecule has 0 unspecified atom stereocenters. The molecule has 1 saturated heterocycles. The summed E-state index contributed by atoms with van der Waals surface area (Å²) in [5.41, 5.74) is 5.17. The van der Waals surface area contributed by atoms with E-state index in [0.29, 0.717) is 12.2 Å². The van der Waals surface area contributed by atoms with E-state index in [0.717, 1.165) is 22.3 Å². The van der Waals surface area contributed by atoms with Gasteiger partial charge in [0.05, 0.1) is 17.8 Å². The zero-order chi connectivity index (χ0) is 24.5. The van der Waals surface area contributed by atoms with Gasteiger partial charge in [-0.1, -0.05) is 55.5 Å². The molecule has 2 heterocycles. The van der Waals surface area contributed by atoms with Gasteiger partial charge in [0.1, 0.15) is 12.3 Å². The molecule has 2 aliphatic rings. The molecular formula is C27H25N3O5. The molecule has 1 aliphatic carbocycles. The van der Waals surface area contributed by atoms with Crippen LogP contribution in [0.3, 0.4) is 0 Å². The fourth-order valence-corrected chi connectivity index (χ4v) is 4.96. The van der Waals surface area contributed by atoms with E-state index in [1.165, 1.54) is 17.2 Å². The Morgan fingerprint density at radius 3 is 2.23 bits per heavy atom. The summed E-state index contributed by atoms with van der Waals surface area (Å²) >= 11 is 0. The molecule has 0 radical (unpaired) electrons. The van der Waals surface area contributed by atoms with Crippen LogP contribution < -0.4 is 5.32 Å². The largest absolute Gasteiger partial charge is 0.481 e. The molecule has 178 valence electrons. The van der Waals surface area contributed by atoms with Crippen LogP contribution in [0.15, 0.2) is 66.9 Å². The van der Waals surface area contributed by atoms with Crippen LogP contribution in [0.1, 0.15) is 34.5 Å². The predicted octanol–water partition coefficient (Wildman–Crippen LogP) is 4.24. The number of ether oxygens (including phenoxy) is 1. The molecule has 2 N–H and O–H groups in total. The summed E-state index contributed by atoms with van der Waals surface area (Å²) in [6.45, 7) is 2.55. The highest BCUT2D eigenvalue weighted by Gasteiger charge is 2.37. The molecule has 0 saturated carbocycles. The fourth-order valence-electron chi connectivity index (χ4n) is 4.96. The van der Waals surface area contributed by atoms with Gasteiger partial charge in [0, 0.05) is 19.0 Å². The first-order valence-electron chi connectivity index (χ1n) is 11.5. The monoisotopic (exact) mass is 471 g/mol. The number of aromatic nitrogens is 1. The average molecular weight is 472 g/mol. The first-order chi connectivity index (χ1) is 16.9. The molecule has 35 heavy (non-hydrogen) atoms. The van der Waals surface area contributed by atoms with E-state index in [4.69, 9.17) is 4.74 Å². The number of hydrogen-bond donors (Lipinski definition) is 2. The highest BCUT2D eigenvalue weighted by molar-refractivity contribution is 5.93. The lowest BCUT2D eigenvalue weighted by molar-refractivity contribution is -0.142. The molecular weight excluding hydrogens is 446 g/mol. The number of pyridine rings is 1. The lowest BCUT2D eigenvalue weighted by Crippen LogP contribution is -2.30. The first-order valence-corrected chi connectivity index (χ1v) is 11.5. The third-order valence-electron chi connectivity index (χ3n) is 6.79. The van der Waals surface area contributed by atoms with Crippen LogP contribution in [-0.4, -0.2) is 52.7 Å². The number of nitrogens with one attached hydrogen (secondary N) is 1. The number of benzene rings is 2. The number of rotatable bonds is 5. The lowest BCUT2D eigenvalue weighted by atomic mass is 9.98. The van der Waals surface area contributed by atoms with Gasteiger partial charge in [0.15, 0.2) is 0 Å². The molecule has 1 aromatic heterocycles. The zero-order valence-corrected chi connectivity index (χ0v) is 19.2. The second-order valence-corrected chi connectivity index (χ2v) is 9.01. The molecule has 8 nitrogen and oxygen atoms in total. The third kappa shape index (κ3) is 4.35. The SMILES string of the molecule is C[C@@H]1CN(C(=O)c2ccc(NC(=O)OCC3c4ccccc4-c4ccccc43)cn2)C[C@H]1C(=O)O. The van der Waals surface area contributed by atoms with Gasteiger partial charge in [0.25, 0.3) is 5.91 Å². The van der Waals surface area contributed by atoms with E-state index < -0.39 is 18.0 Å². The number of carbonyl (C=O) groups excluding carboxylic acids is 2. The van der Waals surface area contributed by atoms with Crippen LogP contribution in [0.4, 0.5) is 10.5 Å². The molecule has 2 aromatic carbocycles. The summed E-state index contributed by atoms with van der Waals surface area (Å²) in [5, 5.41) is 11.9. The summed E-state index contributed by atoms with van der Waals surface area (Å²) in [5.74, 6) is -1.96. The predicted molar refractivity (Wildman–Crippen MR) is 129 cm³/mol. The maximum Gasteiger partial charge on any atom is 0.411 e. The van der Waals surface area contributed by atoms with Gasteiger partial charge in [-0.3, -0.25) is 14.9 Å². The van der Waals surface area contributed by atoms with Crippen molar-refractivity contribution in [2.45, 2.75) is 12.8 Å². The van der Waals surface area contributed by atoms with Crippen LogP contribution in [-0.2, 0) is 9.53 Å². The van der Waals surface area contributed by atoms with E-state index in [9.17, 15) is 19.5 Å². The van der Waals surface area contributed by atoms with E-state index in [2.05, 4.69) is 34.6 Å². The number of carboxylic acid groups (broad SMARTS) is 1. The summed E-state index contributed by atoms with van der Waals surface area (Å²) in [7, 11) is 0. The number of nitrogens with zero attached hydrogens (tertiary/aromatic N) is 2. The Kier molecular flexibility index (Phi) is 5.94. The van der Waals surface area contributed by atoms with Crippen molar-refractivity contribution < 1.29 is 24.2 Å². The van der Waals surface area contributed by atoms with Crippen LogP contribution >= 0.6 is 0 Å². The summed E-state index contributed by atoms with van der Waals surface area (Å²) in [4.78, 5) is 42.1. The molecule has 5 rings (SSSR count). The van der Waals surface area contributed by atoms with Gasteiger partial charge < -0.3 is 14.7 Å². The Bertz CT molecular complexity index is 1240. The van der Waals surface area contributed by atoms with Crippen molar-refractivity contribution in [1.82, 2.24) is 9.88 Å². The molecule has 8 heteroatoms. The number of hydrogen-bond acceptors (Lipinski definition) is 5. The minimum atomic E-state index is -0.900. The van der Waals surface area contributed by atoms with E-state index in [-0.39, 0.29) is 36.6 Å². The molecule has 0 bridgehead atoms. The molecule has 2 atom stereocenters. The Hall–Kier alpha value is -4.20. The van der Waals surface area contributed by atoms with Crippen LogP contribution in [0.5, 0.6) is 0 Å². The Labute approximate surface area is 202 Å². The van der Waals surface area contributed by atoms with Gasteiger partial charge in [0.2, 0.25) is 0 Å². The number of amides is 2. The smallest absolute Gasteiger partial charge is 0.411 e. The number of anilines is 1. The average Bonchev–Trinajstić information content (AvgIpc) is 3.41. The first kappa shape index (κ1) is 22.6. The number of fused-ring (bicyclic) bond motifs is 3. The lowest BCUT2D eigenvalue weighted by Gasteiger charge is -2.16. The van der Waals surface area contributed by atoms with Crippen molar-refractivity contribution in [3.63, 3.8) is 0 Å². The standard InChI is InChI=1S/C27H25N3O5/c1-16-13-30(14-22(16)26(32)33)25(31)24-11-10-17(12-28-24)29-27(34)35-15-23-20-8-4-2-6-18(20)19-7-3-5-9-21(19)23/h2-12,16,22-23H,13-15H2,1H3,(H,29,34)(H,32,33)/t16-,22-/m1/s1. The van der Waals surface area contributed by atoms with E-state index in [1.54, 1.807) is 6.07 Å². The highest BCUT2D eigenvalue weighted by atomic mass is 16.5. The fraction of sp³-hybridized carbons (Fsp3) is 0.259. The van der Waals surface area contributed by atoms with E-state index in [1.807, 2.05) is 31.2 Å². The van der Waals surface area contributed by atoms with Crippen molar-refractivity contribution in [2.75, 3.05) is 25.0 Å². The topological polar surface area (TPSA) is 109 Å². The maximum atomic E-state index is 12.7. The second-order valence-electron chi connectivity index (χ2n) is 9.01. The van der Waals surface area contributed by atoms with Gasteiger partial charge in [-0.2, -0.15) is 0 Å².